The highest BCUT2D eigenvalue weighted by Crippen LogP contribution is 2.48. The third kappa shape index (κ3) is 2.16. The van der Waals surface area contributed by atoms with Crippen LogP contribution in [0.15, 0.2) is 31.0 Å². The zero-order chi connectivity index (χ0) is 16.7. The molecular formula is C16H14F2N6. The maximum absolute atomic E-state index is 12.9. The molecule has 0 radical (unpaired) electrons. The normalized spacial score (nSPS) is 23.3. The van der Waals surface area contributed by atoms with Crippen molar-refractivity contribution < 1.29 is 8.78 Å². The number of aromatic nitrogens is 5. The number of nitriles is 1. The molecule has 1 aliphatic rings. The van der Waals surface area contributed by atoms with Gasteiger partial charge in [0.1, 0.15) is 12.0 Å². The van der Waals surface area contributed by atoms with Crippen LogP contribution in [0.3, 0.4) is 0 Å². The zero-order valence-corrected chi connectivity index (χ0v) is 12.7. The topological polar surface area (TPSA) is 83.2 Å². The zero-order valence-electron chi connectivity index (χ0n) is 12.7. The Labute approximate surface area is 136 Å². The molecule has 6 nitrogen and oxygen atoms in total. The van der Waals surface area contributed by atoms with Gasteiger partial charge in [-0.2, -0.15) is 10.4 Å². The maximum atomic E-state index is 12.9. The molecule has 1 fully saturated rings. The van der Waals surface area contributed by atoms with Crippen molar-refractivity contribution >= 4 is 11.0 Å². The first-order valence-electron chi connectivity index (χ1n) is 7.62. The van der Waals surface area contributed by atoms with Gasteiger partial charge in [0, 0.05) is 29.3 Å². The van der Waals surface area contributed by atoms with Crippen molar-refractivity contribution in [2.75, 3.05) is 0 Å². The van der Waals surface area contributed by atoms with Crippen LogP contribution in [-0.4, -0.2) is 31.2 Å². The number of aromatic amines is 1. The Morgan fingerprint density at radius 3 is 3.00 bits per heavy atom. The Morgan fingerprint density at radius 2 is 2.25 bits per heavy atom. The van der Waals surface area contributed by atoms with Crippen LogP contribution >= 0.6 is 0 Å². The van der Waals surface area contributed by atoms with E-state index in [4.69, 9.17) is 5.26 Å². The predicted octanol–water partition coefficient (Wildman–Crippen LogP) is 3.11. The SMILES string of the molecule is N#CC[C@]1(n2cc(-c3ncnc4[nH]ccc34)cn2)C[C@@H](C(F)F)C1. The van der Waals surface area contributed by atoms with Crippen molar-refractivity contribution in [3.63, 3.8) is 0 Å². The maximum Gasteiger partial charge on any atom is 0.241 e. The molecule has 0 atom stereocenters. The summed E-state index contributed by atoms with van der Waals surface area (Å²) in [6.07, 6.45) is 5.04. The van der Waals surface area contributed by atoms with Gasteiger partial charge in [0.25, 0.3) is 0 Å². The lowest BCUT2D eigenvalue weighted by molar-refractivity contribution is -0.0473. The molecule has 122 valence electrons. The summed E-state index contributed by atoms with van der Waals surface area (Å²) in [6, 6.07) is 3.98. The van der Waals surface area contributed by atoms with Gasteiger partial charge in [0.05, 0.1) is 29.9 Å². The fourth-order valence-corrected chi connectivity index (χ4v) is 3.46. The highest BCUT2D eigenvalue weighted by atomic mass is 19.3. The lowest BCUT2D eigenvalue weighted by Gasteiger charge is -2.46. The number of hydrogen-bond acceptors (Lipinski definition) is 4. The van der Waals surface area contributed by atoms with Gasteiger partial charge >= 0.3 is 0 Å². The second kappa shape index (κ2) is 5.37. The van der Waals surface area contributed by atoms with Gasteiger partial charge < -0.3 is 4.98 Å². The Hall–Kier alpha value is -2.82. The second-order valence-electron chi connectivity index (χ2n) is 6.20. The first kappa shape index (κ1) is 14.8. The highest BCUT2D eigenvalue weighted by Gasteiger charge is 2.50. The van der Waals surface area contributed by atoms with Crippen LogP contribution in [0.4, 0.5) is 8.78 Å². The van der Waals surface area contributed by atoms with Crippen LogP contribution in [0.5, 0.6) is 0 Å². The minimum absolute atomic E-state index is 0.167. The fraction of sp³-hybridized carbons (Fsp3) is 0.375. The molecule has 0 saturated heterocycles. The molecule has 1 N–H and O–H groups in total. The van der Waals surface area contributed by atoms with Crippen molar-refractivity contribution in [3.8, 4) is 17.3 Å². The molecule has 3 heterocycles. The van der Waals surface area contributed by atoms with Gasteiger partial charge in [-0.05, 0) is 18.9 Å². The van der Waals surface area contributed by atoms with E-state index >= 15 is 0 Å². The van der Waals surface area contributed by atoms with Crippen molar-refractivity contribution in [1.82, 2.24) is 24.7 Å². The molecule has 3 aromatic heterocycles. The standard InChI is InChI=1S/C16H14F2N6/c17-14(18)10-5-16(6-10,2-3-19)24-8-11(7-23-24)13-12-1-4-20-15(12)22-9-21-13/h1,4,7-10,14H,2,5-6H2,(H,20,21,22)/t10-,16+. The van der Waals surface area contributed by atoms with Crippen LogP contribution in [0.2, 0.25) is 0 Å². The van der Waals surface area contributed by atoms with Crippen molar-refractivity contribution in [2.45, 2.75) is 31.2 Å². The van der Waals surface area contributed by atoms with Gasteiger partial charge in [0.15, 0.2) is 0 Å². The molecule has 0 aliphatic heterocycles. The first-order valence-corrected chi connectivity index (χ1v) is 7.62. The van der Waals surface area contributed by atoms with Crippen LogP contribution < -0.4 is 0 Å². The number of H-pyrrole nitrogens is 1. The molecule has 0 aromatic carbocycles. The molecule has 1 saturated carbocycles. The molecule has 0 bridgehead atoms. The minimum Gasteiger partial charge on any atom is -0.346 e. The van der Waals surface area contributed by atoms with E-state index in [0.29, 0.717) is 0 Å². The average Bonchev–Trinajstić information content (AvgIpc) is 3.18. The van der Waals surface area contributed by atoms with E-state index in [2.05, 4.69) is 26.1 Å². The Kier molecular flexibility index (Phi) is 3.30. The minimum atomic E-state index is -2.35. The van der Waals surface area contributed by atoms with Gasteiger partial charge in [-0.1, -0.05) is 0 Å². The number of nitrogens with zero attached hydrogens (tertiary/aromatic N) is 5. The Morgan fingerprint density at radius 1 is 1.42 bits per heavy atom. The van der Waals surface area contributed by atoms with Crippen molar-refractivity contribution in [1.29, 1.82) is 5.26 Å². The third-order valence-electron chi connectivity index (χ3n) is 4.74. The summed E-state index contributed by atoms with van der Waals surface area (Å²) < 4.78 is 27.4. The number of fused-ring (bicyclic) bond motifs is 1. The molecule has 3 aromatic rings. The van der Waals surface area contributed by atoms with E-state index in [1.807, 2.05) is 6.07 Å². The van der Waals surface area contributed by atoms with Crippen molar-refractivity contribution in [2.24, 2.45) is 5.92 Å². The molecule has 24 heavy (non-hydrogen) atoms. The molecule has 1 aliphatic carbocycles. The summed E-state index contributed by atoms with van der Waals surface area (Å²) in [5.41, 5.74) is 1.59. The summed E-state index contributed by atoms with van der Waals surface area (Å²) in [5, 5.41) is 14.3. The van der Waals surface area contributed by atoms with Crippen LogP contribution in [0.25, 0.3) is 22.3 Å². The third-order valence-corrected chi connectivity index (χ3v) is 4.74. The van der Waals surface area contributed by atoms with Gasteiger partial charge in [-0.15, -0.1) is 0 Å². The monoisotopic (exact) mass is 328 g/mol. The Balaban J connectivity index is 1.70. The molecular weight excluding hydrogens is 314 g/mol. The Bertz CT molecular complexity index is 916. The van der Waals surface area contributed by atoms with Crippen molar-refractivity contribution in [3.05, 3.63) is 31.0 Å². The van der Waals surface area contributed by atoms with Gasteiger partial charge in [0.2, 0.25) is 6.43 Å². The van der Waals surface area contributed by atoms with E-state index in [1.165, 1.54) is 6.33 Å². The first-order chi connectivity index (χ1) is 11.6. The second-order valence-corrected chi connectivity index (χ2v) is 6.20. The van der Waals surface area contributed by atoms with Crippen LogP contribution in [0.1, 0.15) is 19.3 Å². The highest BCUT2D eigenvalue weighted by molar-refractivity contribution is 5.89. The lowest BCUT2D eigenvalue weighted by atomic mass is 9.67. The van der Waals surface area contributed by atoms with E-state index in [-0.39, 0.29) is 19.3 Å². The predicted molar refractivity (Wildman–Crippen MR) is 82.0 cm³/mol. The van der Waals surface area contributed by atoms with E-state index in [1.54, 1.807) is 23.3 Å². The molecule has 4 rings (SSSR count). The number of alkyl halides is 2. The molecule has 0 amide bonds. The number of halogens is 2. The number of nitrogens with one attached hydrogen (secondary N) is 1. The fourth-order valence-electron chi connectivity index (χ4n) is 3.46. The summed E-state index contributed by atoms with van der Waals surface area (Å²) in [6.45, 7) is 0. The quantitative estimate of drug-likeness (QED) is 0.797. The van der Waals surface area contributed by atoms with Gasteiger partial charge in [-0.3, -0.25) is 4.68 Å². The summed E-state index contributed by atoms with van der Waals surface area (Å²) in [5.74, 6) is -0.665. The van der Waals surface area contributed by atoms with Crippen LogP contribution in [-0.2, 0) is 5.54 Å². The number of rotatable bonds is 4. The summed E-state index contributed by atoms with van der Waals surface area (Å²) in [7, 11) is 0. The molecule has 0 spiro atoms. The van der Waals surface area contributed by atoms with E-state index < -0.39 is 17.9 Å². The largest absolute Gasteiger partial charge is 0.346 e. The summed E-state index contributed by atoms with van der Waals surface area (Å²) >= 11 is 0. The van der Waals surface area contributed by atoms with E-state index in [9.17, 15) is 8.78 Å². The smallest absolute Gasteiger partial charge is 0.241 e. The van der Waals surface area contributed by atoms with Crippen LogP contribution in [0, 0.1) is 17.2 Å². The van der Waals surface area contributed by atoms with Gasteiger partial charge in [-0.25, -0.2) is 18.7 Å². The lowest BCUT2D eigenvalue weighted by Crippen LogP contribution is -2.48. The van der Waals surface area contributed by atoms with E-state index in [0.717, 1.165) is 22.3 Å². The molecule has 0 unspecified atom stereocenters. The molecule has 8 heteroatoms. The summed E-state index contributed by atoms with van der Waals surface area (Å²) in [4.78, 5) is 11.5. The average molecular weight is 328 g/mol. The number of hydrogen-bond donors (Lipinski definition) is 1.